The van der Waals surface area contributed by atoms with Crippen LogP contribution in [0, 0.1) is 35.5 Å². The molecule has 4 aliphatic carbocycles. The average molecular weight is 452 g/mol. The molecule has 0 aromatic heterocycles. The van der Waals surface area contributed by atoms with Crippen LogP contribution < -0.4 is 0 Å². The number of alkyl halides is 1. The van der Waals surface area contributed by atoms with Crippen LogP contribution in [0.4, 0.5) is 0 Å². The van der Waals surface area contributed by atoms with Crippen molar-refractivity contribution in [1.29, 1.82) is 0 Å². The van der Waals surface area contributed by atoms with Gasteiger partial charge in [0, 0.05) is 37.7 Å². The molecule has 0 aromatic carbocycles. The van der Waals surface area contributed by atoms with Gasteiger partial charge in [-0.1, -0.05) is 19.3 Å². The summed E-state index contributed by atoms with van der Waals surface area (Å²) in [5.41, 5.74) is 0. The van der Waals surface area contributed by atoms with Gasteiger partial charge < -0.3 is 9.84 Å². The van der Waals surface area contributed by atoms with Gasteiger partial charge in [-0.25, -0.2) is 0 Å². The van der Waals surface area contributed by atoms with Gasteiger partial charge in [0.05, 0.1) is 6.10 Å². The van der Waals surface area contributed by atoms with Crippen molar-refractivity contribution in [3.63, 3.8) is 0 Å². The Morgan fingerprint density at radius 2 is 1.55 bits per heavy atom. The number of hydrogen-bond donors (Lipinski definition) is 1. The molecular weight excluding hydrogens is 406 g/mol. The van der Waals surface area contributed by atoms with Crippen LogP contribution in [0.3, 0.4) is 0 Å². The summed E-state index contributed by atoms with van der Waals surface area (Å²) in [6, 6.07) is 1.67. The monoisotopic (exact) mass is 451 g/mol. The summed E-state index contributed by atoms with van der Waals surface area (Å²) in [6.07, 6.45) is 19.2. The number of rotatable bonds is 5. The average Bonchev–Trinajstić information content (AvgIpc) is 3.13. The smallest absolute Gasteiger partial charge is 0.0571 e. The molecule has 0 radical (unpaired) electrons. The Morgan fingerprint density at radius 1 is 0.806 bits per heavy atom. The zero-order chi connectivity index (χ0) is 21.4. The SMILES string of the molecule is COC1CCC(CN2C3CCCCC3C3C(C4CCC(Cl)CC4CO)CCCC32)CC1. The molecule has 0 aromatic rings. The zero-order valence-electron chi connectivity index (χ0n) is 19.8. The number of aliphatic hydroxyl groups is 1. The first-order valence-corrected chi connectivity index (χ1v) is 14.2. The lowest BCUT2D eigenvalue weighted by atomic mass is 9.59. The minimum atomic E-state index is 0.289. The van der Waals surface area contributed by atoms with Gasteiger partial charge in [-0.05, 0) is 106 Å². The Hall–Kier alpha value is 0.170. The van der Waals surface area contributed by atoms with Gasteiger partial charge in [-0.3, -0.25) is 4.90 Å². The van der Waals surface area contributed by atoms with Crippen LogP contribution >= 0.6 is 11.6 Å². The lowest BCUT2D eigenvalue weighted by Crippen LogP contribution is -2.46. The van der Waals surface area contributed by atoms with Crippen LogP contribution in [-0.4, -0.2) is 53.8 Å². The van der Waals surface area contributed by atoms with Crippen LogP contribution in [0.25, 0.3) is 0 Å². The van der Waals surface area contributed by atoms with E-state index >= 15 is 0 Å². The van der Waals surface area contributed by atoms with Crippen LogP contribution in [0.2, 0.25) is 0 Å². The van der Waals surface area contributed by atoms with Gasteiger partial charge in [0.15, 0.2) is 0 Å². The van der Waals surface area contributed by atoms with Crippen LogP contribution in [-0.2, 0) is 4.74 Å². The molecule has 5 aliphatic rings. The van der Waals surface area contributed by atoms with Crippen LogP contribution in [0.1, 0.15) is 89.9 Å². The molecule has 4 heteroatoms. The molecule has 31 heavy (non-hydrogen) atoms. The van der Waals surface area contributed by atoms with Crippen molar-refractivity contribution in [2.24, 2.45) is 35.5 Å². The molecule has 0 bridgehead atoms. The van der Waals surface area contributed by atoms with Crippen molar-refractivity contribution in [2.45, 2.75) is 113 Å². The maximum Gasteiger partial charge on any atom is 0.0571 e. The molecule has 5 fully saturated rings. The third kappa shape index (κ3) is 4.60. The largest absolute Gasteiger partial charge is 0.396 e. The van der Waals surface area contributed by atoms with E-state index in [0.29, 0.717) is 24.5 Å². The van der Waals surface area contributed by atoms with E-state index in [-0.39, 0.29) is 5.38 Å². The van der Waals surface area contributed by atoms with Crippen molar-refractivity contribution in [1.82, 2.24) is 4.90 Å². The van der Waals surface area contributed by atoms with E-state index in [4.69, 9.17) is 16.3 Å². The Bertz CT molecular complexity index is 580. The van der Waals surface area contributed by atoms with E-state index in [1.807, 2.05) is 7.11 Å². The fraction of sp³-hybridized carbons (Fsp3) is 1.00. The number of ether oxygens (including phenoxy) is 1. The molecule has 0 amide bonds. The maximum atomic E-state index is 10.2. The van der Waals surface area contributed by atoms with E-state index in [1.165, 1.54) is 83.6 Å². The molecule has 5 rings (SSSR count). The summed E-state index contributed by atoms with van der Waals surface area (Å²) < 4.78 is 5.65. The Morgan fingerprint density at radius 3 is 2.32 bits per heavy atom. The number of aliphatic hydroxyl groups excluding tert-OH is 1. The number of nitrogens with zero attached hydrogens (tertiary/aromatic N) is 1. The Kier molecular flexibility index (Phi) is 7.55. The Balaban J connectivity index is 1.34. The van der Waals surface area contributed by atoms with E-state index in [9.17, 15) is 5.11 Å². The minimum absolute atomic E-state index is 0.289. The second-order valence-electron chi connectivity index (χ2n) is 11.8. The predicted molar refractivity (Wildman–Crippen MR) is 127 cm³/mol. The second-order valence-corrected chi connectivity index (χ2v) is 12.5. The van der Waals surface area contributed by atoms with Crippen molar-refractivity contribution >= 4 is 11.6 Å². The molecular formula is C27H46ClNO2. The van der Waals surface area contributed by atoms with Gasteiger partial charge in [-0.15, -0.1) is 11.6 Å². The van der Waals surface area contributed by atoms with E-state index in [1.54, 1.807) is 0 Å². The summed E-state index contributed by atoms with van der Waals surface area (Å²) in [4.78, 5) is 3.07. The van der Waals surface area contributed by atoms with Gasteiger partial charge in [-0.2, -0.15) is 0 Å². The molecule has 1 N–H and O–H groups in total. The van der Waals surface area contributed by atoms with Crippen molar-refractivity contribution in [2.75, 3.05) is 20.3 Å². The Labute approximate surface area is 195 Å². The molecule has 4 saturated carbocycles. The van der Waals surface area contributed by atoms with E-state index in [2.05, 4.69) is 4.90 Å². The highest BCUT2D eigenvalue weighted by Gasteiger charge is 2.55. The molecule has 3 nitrogen and oxygen atoms in total. The predicted octanol–water partition coefficient (Wildman–Crippen LogP) is 5.87. The standard InChI is InChI=1S/C27H46ClNO2/c1-31-21-12-9-18(10-13-21)16-29-25-7-3-2-5-24(25)27-23(6-4-8-26(27)29)22-14-11-20(28)15-19(22)17-30/h18-27,30H,2-17H2,1H3. The zero-order valence-corrected chi connectivity index (χ0v) is 20.5. The maximum absolute atomic E-state index is 10.2. The first-order valence-electron chi connectivity index (χ1n) is 13.7. The summed E-state index contributed by atoms with van der Waals surface area (Å²) in [5.74, 6) is 4.69. The fourth-order valence-corrected chi connectivity index (χ4v) is 9.45. The number of fused-ring (bicyclic) bond motifs is 3. The summed E-state index contributed by atoms with van der Waals surface area (Å²) >= 11 is 6.54. The van der Waals surface area contributed by atoms with Gasteiger partial charge >= 0.3 is 0 Å². The molecule has 178 valence electrons. The van der Waals surface area contributed by atoms with Crippen molar-refractivity contribution in [3.05, 3.63) is 0 Å². The molecule has 1 heterocycles. The number of halogens is 1. The summed E-state index contributed by atoms with van der Waals surface area (Å²) in [7, 11) is 1.89. The van der Waals surface area contributed by atoms with Gasteiger partial charge in [0.1, 0.15) is 0 Å². The highest BCUT2D eigenvalue weighted by molar-refractivity contribution is 6.20. The third-order valence-corrected chi connectivity index (χ3v) is 10.9. The highest BCUT2D eigenvalue weighted by atomic mass is 35.5. The number of likely N-dealkylation sites (tertiary alicyclic amines) is 1. The summed E-state index contributed by atoms with van der Waals surface area (Å²) in [5, 5.41) is 10.5. The minimum Gasteiger partial charge on any atom is -0.396 e. The summed E-state index contributed by atoms with van der Waals surface area (Å²) in [6.45, 7) is 1.70. The quantitative estimate of drug-likeness (QED) is 0.530. The first-order chi connectivity index (χ1) is 15.2. The third-order valence-electron chi connectivity index (χ3n) is 10.5. The molecule has 1 aliphatic heterocycles. The molecule has 8 atom stereocenters. The van der Waals surface area contributed by atoms with Gasteiger partial charge in [0.25, 0.3) is 0 Å². The molecule has 1 saturated heterocycles. The van der Waals surface area contributed by atoms with E-state index in [0.717, 1.165) is 48.6 Å². The lowest BCUT2D eigenvalue weighted by Gasteiger charge is -2.47. The molecule has 0 spiro atoms. The number of hydrogen-bond acceptors (Lipinski definition) is 3. The van der Waals surface area contributed by atoms with Gasteiger partial charge in [0.2, 0.25) is 0 Å². The number of methoxy groups -OCH3 is 1. The highest BCUT2D eigenvalue weighted by Crippen LogP contribution is 2.56. The normalized spacial score (nSPS) is 48.9. The van der Waals surface area contributed by atoms with Crippen LogP contribution in [0.15, 0.2) is 0 Å². The van der Waals surface area contributed by atoms with Crippen molar-refractivity contribution in [3.8, 4) is 0 Å². The van der Waals surface area contributed by atoms with E-state index < -0.39 is 0 Å². The second kappa shape index (κ2) is 10.2. The lowest BCUT2D eigenvalue weighted by molar-refractivity contribution is 0.0148. The fourth-order valence-electron chi connectivity index (χ4n) is 9.09. The molecule has 8 unspecified atom stereocenters. The van der Waals surface area contributed by atoms with Crippen LogP contribution in [0.5, 0.6) is 0 Å². The van der Waals surface area contributed by atoms with Crippen molar-refractivity contribution < 1.29 is 9.84 Å². The first kappa shape index (κ1) is 22.9. The topological polar surface area (TPSA) is 32.7 Å².